The highest BCUT2D eigenvalue weighted by Crippen LogP contribution is 2.24. The van der Waals surface area contributed by atoms with Gasteiger partial charge in [-0.1, -0.05) is 48.5 Å². The predicted molar refractivity (Wildman–Crippen MR) is 80.8 cm³/mol. The molecule has 2 amide bonds. The van der Waals surface area contributed by atoms with Gasteiger partial charge >= 0.3 is 0 Å². The van der Waals surface area contributed by atoms with Gasteiger partial charge in [-0.3, -0.25) is 14.5 Å². The Kier molecular flexibility index (Phi) is 3.82. The lowest BCUT2D eigenvalue weighted by molar-refractivity contribution is -0.126. The van der Waals surface area contributed by atoms with E-state index in [-0.39, 0.29) is 17.9 Å². The van der Waals surface area contributed by atoms with Crippen molar-refractivity contribution >= 4 is 11.8 Å². The average Bonchev–Trinajstić information content (AvgIpc) is 2.89. The number of hydrogen-bond acceptors (Lipinski definition) is 2. The van der Waals surface area contributed by atoms with Gasteiger partial charge in [-0.15, -0.1) is 0 Å². The molecule has 0 aliphatic carbocycles. The van der Waals surface area contributed by atoms with Gasteiger partial charge in [0, 0.05) is 18.0 Å². The summed E-state index contributed by atoms with van der Waals surface area (Å²) in [5, 5.41) is 0. The van der Waals surface area contributed by atoms with Crippen molar-refractivity contribution in [2.75, 3.05) is 0 Å². The maximum absolute atomic E-state index is 12.6. The molecule has 1 fully saturated rings. The normalized spacial score (nSPS) is 18.0. The van der Waals surface area contributed by atoms with Crippen LogP contribution < -0.4 is 0 Å². The van der Waals surface area contributed by atoms with Crippen molar-refractivity contribution in [1.82, 2.24) is 4.90 Å². The van der Waals surface area contributed by atoms with Gasteiger partial charge < -0.3 is 0 Å². The Labute approximate surface area is 124 Å². The SMILES string of the molecule is O=C1CCC(Cc2ccccc2)N1C(=O)c1ccccc1. The molecule has 106 valence electrons. The first-order valence-electron chi connectivity index (χ1n) is 7.21. The Morgan fingerprint density at radius 1 is 1.00 bits per heavy atom. The van der Waals surface area contributed by atoms with Gasteiger partial charge in [0.2, 0.25) is 5.91 Å². The van der Waals surface area contributed by atoms with Crippen LogP contribution in [0, 0.1) is 0 Å². The predicted octanol–water partition coefficient (Wildman–Crippen LogP) is 3.06. The second-order valence-corrected chi connectivity index (χ2v) is 5.32. The summed E-state index contributed by atoms with van der Waals surface area (Å²) in [5.41, 5.74) is 1.73. The fourth-order valence-electron chi connectivity index (χ4n) is 2.82. The van der Waals surface area contributed by atoms with Crippen LogP contribution in [-0.2, 0) is 11.2 Å². The summed E-state index contributed by atoms with van der Waals surface area (Å²) in [4.78, 5) is 26.1. The summed E-state index contributed by atoms with van der Waals surface area (Å²) < 4.78 is 0. The first-order valence-corrected chi connectivity index (χ1v) is 7.21. The van der Waals surface area contributed by atoms with Crippen molar-refractivity contribution in [2.45, 2.75) is 25.3 Å². The van der Waals surface area contributed by atoms with Crippen LogP contribution in [0.25, 0.3) is 0 Å². The topological polar surface area (TPSA) is 37.4 Å². The fourth-order valence-corrected chi connectivity index (χ4v) is 2.82. The van der Waals surface area contributed by atoms with E-state index in [4.69, 9.17) is 0 Å². The second-order valence-electron chi connectivity index (χ2n) is 5.32. The van der Waals surface area contributed by atoms with Gasteiger partial charge in [-0.05, 0) is 30.5 Å². The molecule has 3 rings (SSSR count). The van der Waals surface area contributed by atoms with E-state index in [2.05, 4.69) is 0 Å². The van der Waals surface area contributed by atoms with Crippen molar-refractivity contribution in [1.29, 1.82) is 0 Å². The molecule has 3 heteroatoms. The van der Waals surface area contributed by atoms with Gasteiger partial charge in [0.1, 0.15) is 0 Å². The monoisotopic (exact) mass is 279 g/mol. The minimum absolute atomic E-state index is 0.0346. The molecule has 1 atom stereocenters. The largest absolute Gasteiger partial charge is 0.275 e. The Morgan fingerprint density at radius 3 is 2.29 bits per heavy atom. The van der Waals surface area contributed by atoms with E-state index in [1.54, 1.807) is 12.1 Å². The number of carbonyl (C=O) groups is 2. The maximum atomic E-state index is 12.6. The van der Waals surface area contributed by atoms with Crippen LogP contribution in [0.5, 0.6) is 0 Å². The third-order valence-electron chi connectivity index (χ3n) is 3.88. The molecule has 0 radical (unpaired) electrons. The summed E-state index contributed by atoms with van der Waals surface area (Å²) in [7, 11) is 0. The molecule has 21 heavy (non-hydrogen) atoms. The highest BCUT2D eigenvalue weighted by atomic mass is 16.2. The number of benzene rings is 2. The summed E-state index contributed by atoms with van der Waals surface area (Å²) in [5.74, 6) is -0.246. The highest BCUT2D eigenvalue weighted by molar-refractivity contribution is 6.06. The molecule has 1 heterocycles. The number of rotatable bonds is 3. The quantitative estimate of drug-likeness (QED) is 0.810. The van der Waals surface area contributed by atoms with Crippen molar-refractivity contribution in [3.63, 3.8) is 0 Å². The summed E-state index contributed by atoms with van der Waals surface area (Å²) >= 11 is 0. The maximum Gasteiger partial charge on any atom is 0.260 e. The molecule has 0 N–H and O–H groups in total. The van der Waals surface area contributed by atoms with Crippen molar-refractivity contribution in [2.24, 2.45) is 0 Å². The second kappa shape index (κ2) is 5.92. The van der Waals surface area contributed by atoms with Gasteiger partial charge in [-0.2, -0.15) is 0 Å². The summed E-state index contributed by atoms with van der Waals surface area (Å²) in [6.07, 6.45) is 1.92. The van der Waals surface area contributed by atoms with Crippen LogP contribution in [0.2, 0.25) is 0 Å². The van der Waals surface area contributed by atoms with Crippen LogP contribution >= 0.6 is 0 Å². The van der Waals surface area contributed by atoms with E-state index in [9.17, 15) is 9.59 Å². The Balaban J connectivity index is 1.81. The van der Waals surface area contributed by atoms with Crippen LogP contribution in [-0.4, -0.2) is 22.8 Å². The molecule has 1 unspecified atom stereocenters. The van der Waals surface area contributed by atoms with E-state index in [0.717, 1.165) is 18.4 Å². The fraction of sp³-hybridized carbons (Fsp3) is 0.222. The van der Waals surface area contributed by atoms with Crippen LogP contribution in [0.1, 0.15) is 28.8 Å². The molecular formula is C18H17NO2. The van der Waals surface area contributed by atoms with Crippen LogP contribution in [0.15, 0.2) is 60.7 Å². The van der Waals surface area contributed by atoms with Gasteiger partial charge in [0.15, 0.2) is 0 Å². The minimum atomic E-state index is -0.181. The molecule has 1 aliphatic rings. The zero-order chi connectivity index (χ0) is 14.7. The Hall–Kier alpha value is -2.42. The standard InChI is InChI=1S/C18H17NO2/c20-17-12-11-16(13-14-7-3-1-4-8-14)19(17)18(21)15-9-5-2-6-10-15/h1-10,16H,11-13H2. The lowest BCUT2D eigenvalue weighted by Crippen LogP contribution is -2.39. The molecule has 0 spiro atoms. The number of likely N-dealkylation sites (tertiary alicyclic amines) is 1. The number of imide groups is 1. The number of carbonyl (C=O) groups excluding carboxylic acids is 2. The zero-order valence-corrected chi connectivity index (χ0v) is 11.7. The summed E-state index contributed by atoms with van der Waals surface area (Å²) in [6, 6.07) is 19.0. The third-order valence-corrected chi connectivity index (χ3v) is 3.88. The van der Waals surface area contributed by atoms with Crippen molar-refractivity contribution < 1.29 is 9.59 Å². The smallest absolute Gasteiger partial charge is 0.260 e. The lowest BCUT2D eigenvalue weighted by Gasteiger charge is -2.23. The average molecular weight is 279 g/mol. The molecule has 0 bridgehead atoms. The van der Waals surface area contributed by atoms with E-state index in [1.807, 2.05) is 48.5 Å². The van der Waals surface area contributed by atoms with E-state index in [0.29, 0.717) is 12.0 Å². The number of hydrogen-bond donors (Lipinski definition) is 0. The minimum Gasteiger partial charge on any atom is -0.275 e. The van der Waals surface area contributed by atoms with Crippen molar-refractivity contribution in [3.8, 4) is 0 Å². The van der Waals surface area contributed by atoms with Crippen LogP contribution in [0.4, 0.5) is 0 Å². The number of amides is 2. The molecule has 0 aromatic heterocycles. The third kappa shape index (κ3) is 2.87. The molecular weight excluding hydrogens is 262 g/mol. The van der Waals surface area contributed by atoms with E-state index >= 15 is 0 Å². The first-order chi connectivity index (χ1) is 10.3. The van der Waals surface area contributed by atoms with E-state index in [1.165, 1.54) is 4.90 Å². The molecule has 3 nitrogen and oxygen atoms in total. The highest BCUT2D eigenvalue weighted by Gasteiger charge is 2.35. The molecule has 2 aromatic rings. The van der Waals surface area contributed by atoms with Gasteiger partial charge in [-0.25, -0.2) is 0 Å². The first kappa shape index (κ1) is 13.6. The summed E-state index contributed by atoms with van der Waals surface area (Å²) in [6.45, 7) is 0. The Bertz CT molecular complexity index is 637. The lowest BCUT2D eigenvalue weighted by atomic mass is 10.0. The zero-order valence-electron chi connectivity index (χ0n) is 11.7. The van der Waals surface area contributed by atoms with Gasteiger partial charge in [0.25, 0.3) is 5.91 Å². The number of nitrogens with zero attached hydrogens (tertiary/aromatic N) is 1. The van der Waals surface area contributed by atoms with Crippen molar-refractivity contribution in [3.05, 3.63) is 71.8 Å². The van der Waals surface area contributed by atoms with E-state index < -0.39 is 0 Å². The molecule has 1 saturated heterocycles. The Morgan fingerprint density at radius 2 is 1.62 bits per heavy atom. The molecule has 2 aromatic carbocycles. The van der Waals surface area contributed by atoms with Crippen LogP contribution in [0.3, 0.4) is 0 Å². The molecule has 1 aliphatic heterocycles. The van der Waals surface area contributed by atoms with Gasteiger partial charge in [0.05, 0.1) is 0 Å². The molecule has 0 saturated carbocycles.